The van der Waals surface area contributed by atoms with E-state index in [1.165, 1.54) is 43.5 Å². The lowest BCUT2D eigenvalue weighted by atomic mass is 10.0. The van der Waals surface area contributed by atoms with Gasteiger partial charge < -0.3 is 9.84 Å². The van der Waals surface area contributed by atoms with Crippen LogP contribution < -0.4 is 4.74 Å². The molecule has 2 aromatic carbocycles. The number of aliphatic hydroxyl groups is 1. The average Bonchev–Trinajstić information content (AvgIpc) is 2.41. The number of hydrogen-bond acceptors (Lipinski definition) is 2. The standard InChI is InChI=1S/C14H11BrF2O2/c1-19-13-6-8(2-4-12(13)17)14(18)10-7-9(15)3-5-11(10)16/h2-7,14,18H,1H3. The summed E-state index contributed by atoms with van der Waals surface area (Å²) in [6, 6.07) is 8.19. The Hall–Kier alpha value is -1.46. The van der Waals surface area contributed by atoms with Crippen molar-refractivity contribution in [1.29, 1.82) is 0 Å². The molecule has 0 bridgehead atoms. The van der Waals surface area contributed by atoms with Crippen molar-refractivity contribution >= 4 is 15.9 Å². The van der Waals surface area contributed by atoms with Gasteiger partial charge in [0, 0.05) is 10.0 Å². The maximum Gasteiger partial charge on any atom is 0.165 e. The monoisotopic (exact) mass is 328 g/mol. The molecule has 2 rings (SSSR count). The van der Waals surface area contributed by atoms with Crippen molar-refractivity contribution in [2.75, 3.05) is 7.11 Å². The van der Waals surface area contributed by atoms with E-state index in [-0.39, 0.29) is 11.3 Å². The zero-order valence-electron chi connectivity index (χ0n) is 10.0. The van der Waals surface area contributed by atoms with Gasteiger partial charge in [0.1, 0.15) is 11.9 Å². The van der Waals surface area contributed by atoms with Crippen LogP contribution in [0.5, 0.6) is 5.75 Å². The second-order valence-electron chi connectivity index (χ2n) is 3.96. The maximum absolute atomic E-state index is 13.7. The lowest BCUT2D eigenvalue weighted by Gasteiger charge is -2.14. The van der Waals surface area contributed by atoms with Gasteiger partial charge in [-0.15, -0.1) is 0 Å². The van der Waals surface area contributed by atoms with E-state index in [9.17, 15) is 13.9 Å². The molecule has 1 atom stereocenters. The minimum absolute atomic E-state index is 0.00644. The van der Waals surface area contributed by atoms with Crippen LogP contribution in [0.1, 0.15) is 17.2 Å². The Labute approximate surface area is 117 Å². The largest absolute Gasteiger partial charge is 0.494 e. The maximum atomic E-state index is 13.7. The molecule has 19 heavy (non-hydrogen) atoms. The predicted molar refractivity (Wildman–Crippen MR) is 71.1 cm³/mol. The molecule has 0 aliphatic heterocycles. The van der Waals surface area contributed by atoms with Crippen molar-refractivity contribution in [3.05, 3.63) is 63.6 Å². The highest BCUT2D eigenvalue weighted by atomic mass is 79.9. The van der Waals surface area contributed by atoms with Gasteiger partial charge in [0.25, 0.3) is 0 Å². The number of methoxy groups -OCH3 is 1. The van der Waals surface area contributed by atoms with Crippen molar-refractivity contribution in [2.45, 2.75) is 6.10 Å². The Bertz CT molecular complexity index is 602. The van der Waals surface area contributed by atoms with Gasteiger partial charge in [0.15, 0.2) is 11.6 Å². The second kappa shape index (κ2) is 5.67. The Morgan fingerprint density at radius 3 is 2.47 bits per heavy atom. The van der Waals surface area contributed by atoms with Crippen molar-refractivity contribution in [3.63, 3.8) is 0 Å². The lowest BCUT2D eigenvalue weighted by molar-refractivity contribution is 0.214. The van der Waals surface area contributed by atoms with Crippen molar-refractivity contribution < 1.29 is 18.6 Å². The summed E-state index contributed by atoms with van der Waals surface area (Å²) < 4.78 is 32.5. The highest BCUT2D eigenvalue weighted by Gasteiger charge is 2.17. The molecule has 5 heteroatoms. The Kier molecular flexibility index (Phi) is 4.17. The van der Waals surface area contributed by atoms with E-state index in [0.717, 1.165) is 0 Å². The van der Waals surface area contributed by atoms with Gasteiger partial charge in [0.05, 0.1) is 7.11 Å². The molecule has 0 fully saturated rings. The first-order valence-corrected chi connectivity index (χ1v) is 6.28. The summed E-state index contributed by atoms with van der Waals surface area (Å²) in [5.41, 5.74) is 0.471. The van der Waals surface area contributed by atoms with Crippen LogP contribution in [-0.2, 0) is 0 Å². The minimum atomic E-state index is -1.19. The smallest absolute Gasteiger partial charge is 0.165 e. The molecule has 0 heterocycles. The van der Waals surface area contributed by atoms with Gasteiger partial charge in [-0.2, -0.15) is 0 Å². The van der Waals surface area contributed by atoms with Crippen molar-refractivity contribution in [1.82, 2.24) is 0 Å². The normalized spacial score (nSPS) is 12.3. The number of halogens is 3. The molecule has 0 aliphatic carbocycles. The average molecular weight is 329 g/mol. The Balaban J connectivity index is 2.43. The molecule has 0 aromatic heterocycles. The van der Waals surface area contributed by atoms with Crippen LogP contribution in [0.2, 0.25) is 0 Å². The van der Waals surface area contributed by atoms with Gasteiger partial charge in [-0.05, 0) is 35.9 Å². The molecule has 100 valence electrons. The number of benzene rings is 2. The fourth-order valence-corrected chi connectivity index (χ4v) is 2.13. The molecule has 0 spiro atoms. The summed E-state index contributed by atoms with van der Waals surface area (Å²) in [6.45, 7) is 0. The third-order valence-electron chi connectivity index (χ3n) is 2.74. The molecule has 0 saturated heterocycles. The summed E-state index contributed by atoms with van der Waals surface area (Å²) in [4.78, 5) is 0. The molecular formula is C14H11BrF2O2. The van der Waals surface area contributed by atoms with Gasteiger partial charge in [-0.1, -0.05) is 22.0 Å². The number of hydrogen-bond donors (Lipinski definition) is 1. The van der Waals surface area contributed by atoms with Crippen molar-refractivity contribution in [3.8, 4) is 5.75 Å². The molecule has 1 unspecified atom stereocenters. The minimum Gasteiger partial charge on any atom is -0.494 e. The quantitative estimate of drug-likeness (QED) is 0.928. The molecule has 0 aliphatic rings. The summed E-state index contributed by atoms with van der Waals surface area (Å²) >= 11 is 3.21. The van der Waals surface area contributed by atoms with Gasteiger partial charge in [-0.3, -0.25) is 0 Å². The zero-order chi connectivity index (χ0) is 14.0. The van der Waals surface area contributed by atoms with Gasteiger partial charge in [-0.25, -0.2) is 8.78 Å². The van der Waals surface area contributed by atoms with E-state index in [0.29, 0.717) is 10.0 Å². The summed E-state index contributed by atoms with van der Waals surface area (Å²) in [5, 5.41) is 10.2. The molecule has 2 nitrogen and oxygen atoms in total. The third-order valence-corrected chi connectivity index (χ3v) is 3.24. The predicted octanol–water partition coefficient (Wildman–Crippen LogP) is 3.82. The van der Waals surface area contributed by atoms with E-state index >= 15 is 0 Å². The van der Waals surface area contributed by atoms with Crippen LogP contribution in [-0.4, -0.2) is 12.2 Å². The lowest BCUT2D eigenvalue weighted by Crippen LogP contribution is -2.03. The SMILES string of the molecule is COc1cc(C(O)c2cc(Br)ccc2F)ccc1F. The Morgan fingerprint density at radius 2 is 1.79 bits per heavy atom. The summed E-state index contributed by atoms with van der Waals surface area (Å²) in [7, 11) is 1.33. The van der Waals surface area contributed by atoms with Crippen LogP contribution in [0.4, 0.5) is 8.78 Å². The van der Waals surface area contributed by atoms with Crippen LogP contribution in [0.3, 0.4) is 0 Å². The van der Waals surface area contributed by atoms with Crippen molar-refractivity contribution in [2.24, 2.45) is 0 Å². The zero-order valence-corrected chi connectivity index (χ0v) is 11.6. The number of rotatable bonds is 3. The van der Waals surface area contributed by atoms with E-state index < -0.39 is 17.7 Å². The molecule has 0 saturated carbocycles. The first-order valence-electron chi connectivity index (χ1n) is 5.49. The van der Waals surface area contributed by atoms with Crippen LogP contribution in [0, 0.1) is 11.6 Å². The highest BCUT2D eigenvalue weighted by molar-refractivity contribution is 9.10. The summed E-state index contributed by atoms with van der Waals surface area (Å²) in [6.07, 6.45) is -1.19. The first-order chi connectivity index (χ1) is 9.02. The molecule has 0 radical (unpaired) electrons. The first kappa shape index (κ1) is 14.0. The fourth-order valence-electron chi connectivity index (χ4n) is 1.75. The highest BCUT2D eigenvalue weighted by Crippen LogP contribution is 2.29. The van der Waals surface area contributed by atoms with E-state index in [1.54, 1.807) is 0 Å². The molecular weight excluding hydrogens is 318 g/mol. The number of ether oxygens (including phenoxy) is 1. The third kappa shape index (κ3) is 2.93. The topological polar surface area (TPSA) is 29.5 Å². The van der Waals surface area contributed by atoms with Gasteiger partial charge >= 0.3 is 0 Å². The van der Waals surface area contributed by atoms with E-state index in [1.807, 2.05) is 0 Å². The second-order valence-corrected chi connectivity index (χ2v) is 4.88. The Morgan fingerprint density at radius 1 is 1.11 bits per heavy atom. The van der Waals surface area contributed by atoms with Crippen LogP contribution >= 0.6 is 15.9 Å². The number of aliphatic hydroxyl groups excluding tert-OH is 1. The van der Waals surface area contributed by atoms with E-state index in [2.05, 4.69) is 15.9 Å². The summed E-state index contributed by atoms with van der Waals surface area (Å²) in [5.74, 6) is -1.06. The van der Waals surface area contributed by atoms with Crippen LogP contribution in [0.15, 0.2) is 40.9 Å². The fraction of sp³-hybridized carbons (Fsp3) is 0.143. The molecule has 0 amide bonds. The molecule has 1 N–H and O–H groups in total. The van der Waals surface area contributed by atoms with E-state index in [4.69, 9.17) is 4.74 Å². The van der Waals surface area contributed by atoms with Crippen LogP contribution in [0.25, 0.3) is 0 Å². The van der Waals surface area contributed by atoms with Gasteiger partial charge in [0.2, 0.25) is 0 Å². The molecule has 2 aromatic rings.